The third kappa shape index (κ3) is 7.61. The van der Waals surface area contributed by atoms with E-state index in [1.807, 2.05) is 88.1 Å². The van der Waals surface area contributed by atoms with Gasteiger partial charge in [0.25, 0.3) is 5.91 Å². The van der Waals surface area contributed by atoms with Crippen molar-refractivity contribution in [1.82, 2.24) is 24.9 Å². The smallest absolute Gasteiger partial charge is 0.251 e. The minimum Gasteiger partial charge on any atom is -0.489 e. The van der Waals surface area contributed by atoms with Crippen LogP contribution in [-0.2, 0) is 11.2 Å². The summed E-state index contributed by atoms with van der Waals surface area (Å²) >= 11 is 6.36. The monoisotopic (exact) mass is 561 g/mol. The molecule has 0 bridgehead atoms. The molecule has 0 spiro atoms. The molecule has 4 rings (SSSR count). The maximum Gasteiger partial charge on any atom is 0.251 e. The molecule has 0 saturated heterocycles. The first-order chi connectivity index (χ1) is 19.1. The van der Waals surface area contributed by atoms with Crippen molar-refractivity contribution < 1.29 is 14.3 Å². The minimum absolute atomic E-state index is 0.0319. The summed E-state index contributed by atoms with van der Waals surface area (Å²) in [5.74, 6) is 0.142. The molecular formula is C31H36ClN5O3. The van der Waals surface area contributed by atoms with Crippen molar-refractivity contribution in [1.29, 1.82) is 0 Å². The molecule has 9 heteroatoms. The van der Waals surface area contributed by atoms with E-state index in [2.05, 4.69) is 10.6 Å². The summed E-state index contributed by atoms with van der Waals surface area (Å²) < 4.78 is 7.70. The summed E-state index contributed by atoms with van der Waals surface area (Å²) in [4.78, 5) is 32.1. The van der Waals surface area contributed by atoms with E-state index in [4.69, 9.17) is 21.3 Å². The largest absolute Gasteiger partial charge is 0.489 e. The number of nitrogens with zero attached hydrogens (tertiary/aromatic N) is 3. The van der Waals surface area contributed by atoms with Crippen LogP contribution in [0.15, 0.2) is 67.0 Å². The number of hydrogen-bond acceptors (Lipinski definition) is 5. The summed E-state index contributed by atoms with van der Waals surface area (Å²) in [5, 5.41) is 6.37. The highest BCUT2D eigenvalue weighted by Gasteiger charge is 2.18. The Morgan fingerprint density at radius 3 is 2.50 bits per heavy atom. The van der Waals surface area contributed by atoms with Crippen molar-refractivity contribution in [3.63, 3.8) is 0 Å². The fourth-order valence-electron chi connectivity index (χ4n) is 4.40. The van der Waals surface area contributed by atoms with E-state index in [0.717, 1.165) is 28.0 Å². The van der Waals surface area contributed by atoms with Gasteiger partial charge in [-0.15, -0.1) is 0 Å². The Bertz CT molecular complexity index is 1480. The van der Waals surface area contributed by atoms with Crippen LogP contribution < -0.4 is 15.4 Å². The summed E-state index contributed by atoms with van der Waals surface area (Å²) in [6.07, 6.45) is 4.50. The van der Waals surface area contributed by atoms with Crippen LogP contribution in [-0.4, -0.2) is 65.4 Å². The number of amides is 2. The van der Waals surface area contributed by atoms with Gasteiger partial charge >= 0.3 is 0 Å². The molecule has 2 amide bonds. The summed E-state index contributed by atoms with van der Waals surface area (Å²) in [6, 6.07) is 16.8. The minimum atomic E-state index is -0.340. The fourth-order valence-corrected chi connectivity index (χ4v) is 4.63. The molecule has 2 aromatic heterocycles. The summed E-state index contributed by atoms with van der Waals surface area (Å²) in [6.45, 7) is 6.42. The summed E-state index contributed by atoms with van der Waals surface area (Å²) in [7, 11) is 3.67. The molecule has 0 aliphatic carbocycles. The second-order valence-electron chi connectivity index (χ2n) is 10.5. The zero-order valence-electron chi connectivity index (χ0n) is 23.6. The number of ether oxygens (including phenoxy) is 1. The van der Waals surface area contributed by atoms with E-state index in [9.17, 15) is 9.59 Å². The van der Waals surface area contributed by atoms with Crippen molar-refractivity contribution in [2.45, 2.75) is 39.3 Å². The van der Waals surface area contributed by atoms with E-state index in [1.54, 1.807) is 23.1 Å². The topological polar surface area (TPSA) is 88.0 Å². The number of pyridine rings is 1. The van der Waals surface area contributed by atoms with Crippen LogP contribution in [0.25, 0.3) is 16.9 Å². The highest BCUT2D eigenvalue weighted by molar-refractivity contribution is 6.32. The van der Waals surface area contributed by atoms with Crippen molar-refractivity contribution in [2.24, 2.45) is 0 Å². The SMILES string of the molecule is Cc1cccn2cc(-c3ccc(C[C@@H](CNC(=O)CN(C)C)NC(=O)c4ccc(OC(C)C)c(Cl)c4)cc3)nc12. The van der Waals surface area contributed by atoms with Crippen LogP contribution >= 0.6 is 11.6 Å². The number of carbonyl (C=O) groups is 2. The number of nitrogens with one attached hydrogen (secondary N) is 2. The van der Waals surface area contributed by atoms with E-state index < -0.39 is 0 Å². The molecule has 0 aliphatic rings. The van der Waals surface area contributed by atoms with Crippen LogP contribution in [0.5, 0.6) is 5.75 Å². The Kier molecular flexibility index (Phi) is 9.45. The lowest BCUT2D eigenvalue weighted by atomic mass is 10.0. The quantitative estimate of drug-likeness (QED) is 0.275. The van der Waals surface area contributed by atoms with Gasteiger partial charge in [0.1, 0.15) is 11.4 Å². The first-order valence-electron chi connectivity index (χ1n) is 13.3. The molecule has 0 fully saturated rings. The van der Waals surface area contributed by atoms with Gasteiger partial charge in [-0.3, -0.25) is 9.59 Å². The Morgan fingerprint density at radius 2 is 1.85 bits per heavy atom. The maximum absolute atomic E-state index is 13.2. The molecule has 210 valence electrons. The molecule has 0 aliphatic heterocycles. The number of carbonyl (C=O) groups excluding carboxylic acids is 2. The molecule has 2 heterocycles. The molecule has 1 atom stereocenters. The highest BCUT2D eigenvalue weighted by atomic mass is 35.5. The molecule has 0 unspecified atom stereocenters. The third-order valence-electron chi connectivity index (χ3n) is 6.31. The van der Waals surface area contributed by atoms with E-state index >= 15 is 0 Å². The van der Waals surface area contributed by atoms with Gasteiger partial charge in [-0.05, 0) is 76.7 Å². The number of aromatic nitrogens is 2. The van der Waals surface area contributed by atoms with E-state index in [-0.39, 0.29) is 37.0 Å². The van der Waals surface area contributed by atoms with Crippen LogP contribution in [0.2, 0.25) is 5.02 Å². The average Bonchev–Trinajstić information content (AvgIpc) is 3.34. The Hall–Kier alpha value is -3.88. The first kappa shape index (κ1) is 29.1. The molecule has 2 N–H and O–H groups in total. The molecule has 2 aromatic carbocycles. The fraction of sp³-hybridized carbons (Fsp3) is 0.323. The van der Waals surface area contributed by atoms with Gasteiger partial charge in [-0.2, -0.15) is 0 Å². The Balaban J connectivity index is 1.49. The number of halogens is 1. The molecular weight excluding hydrogens is 526 g/mol. The molecule has 0 radical (unpaired) electrons. The van der Waals surface area contributed by atoms with Gasteiger partial charge in [-0.25, -0.2) is 4.98 Å². The Morgan fingerprint density at radius 1 is 1.10 bits per heavy atom. The highest BCUT2D eigenvalue weighted by Crippen LogP contribution is 2.26. The predicted octanol–water partition coefficient (Wildman–Crippen LogP) is 4.77. The lowest BCUT2D eigenvalue weighted by molar-refractivity contribution is -0.121. The average molecular weight is 562 g/mol. The van der Waals surface area contributed by atoms with Gasteiger partial charge in [0, 0.05) is 30.1 Å². The van der Waals surface area contributed by atoms with E-state index in [1.165, 1.54) is 0 Å². The number of benzene rings is 2. The zero-order valence-corrected chi connectivity index (χ0v) is 24.3. The van der Waals surface area contributed by atoms with Gasteiger partial charge < -0.3 is 24.7 Å². The van der Waals surface area contributed by atoms with E-state index in [0.29, 0.717) is 22.8 Å². The third-order valence-corrected chi connectivity index (χ3v) is 6.60. The number of aryl methyl sites for hydroxylation is 1. The van der Waals surface area contributed by atoms with Gasteiger partial charge in [0.15, 0.2) is 0 Å². The number of rotatable bonds is 11. The second kappa shape index (κ2) is 13.0. The van der Waals surface area contributed by atoms with Crippen LogP contribution in [0, 0.1) is 6.92 Å². The Labute approximate surface area is 240 Å². The van der Waals surface area contributed by atoms with Crippen molar-refractivity contribution in [3.8, 4) is 17.0 Å². The molecule has 0 saturated carbocycles. The molecule has 4 aromatic rings. The lowest BCUT2D eigenvalue weighted by Crippen LogP contribution is -2.46. The second-order valence-corrected chi connectivity index (χ2v) is 10.9. The number of likely N-dealkylation sites (N-methyl/N-ethyl adjacent to an activating group) is 1. The van der Waals surface area contributed by atoms with Crippen LogP contribution in [0.1, 0.15) is 35.3 Å². The van der Waals surface area contributed by atoms with Crippen LogP contribution in [0.4, 0.5) is 0 Å². The van der Waals surface area contributed by atoms with Gasteiger partial charge in [0.05, 0.1) is 29.4 Å². The zero-order chi connectivity index (χ0) is 28.8. The van der Waals surface area contributed by atoms with Crippen molar-refractivity contribution in [2.75, 3.05) is 27.2 Å². The standard InChI is InChI=1S/C31H36ClN5O3/c1-20(2)40-28-13-12-24(16-26(28)32)31(39)34-25(17-33-29(38)19-36(4)5)15-22-8-10-23(11-9-22)27-18-37-14-6-7-21(3)30(37)35-27/h6-14,16,18,20,25H,15,17,19H2,1-5H3,(H,33,38)(H,34,39)/t25-/m0/s1. The summed E-state index contributed by atoms with van der Waals surface area (Å²) in [5.41, 5.74) is 5.39. The normalized spacial score (nSPS) is 12.1. The maximum atomic E-state index is 13.2. The lowest BCUT2D eigenvalue weighted by Gasteiger charge is -2.21. The molecule has 40 heavy (non-hydrogen) atoms. The van der Waals surface area contributed by atoms with Crippen molar-refractivity contribution in [3.05, 3.63) is 88.7 Å². The van der Waals surface area contributed by atoms with Crippen molar-refractivity contribution >= 4 is 29.1 Å². The number of hydrogen-bond donors (Lipinski definition) is 2. The molecule has 8 nitrogen and oxygen atoms in total. The predicted molar refractivity (Wildman–Crippen MR) is 159 cm³/mol. The number of fused-ring (bicyclic) bond motifs is 1. The number of imidazole rings is 1. The van der Waals surface area contributed by atoms with Gasteiger partial charge in [0.2, 0.25) is 5.91 Å². The first-order valence-corrected chi connectivity index (χ1v) is 13.7. The van der Waals surface area contributed by atoms with Crippen LogP contribution in [0.3, 0.4) is 0 Å². The van der Waals surface area contributed by atoms with Gasteiger partial charge in [-0.1, -0.05) is 41.9 Å².